The minimum atomic E-state index is -0.611. The number of carbonyl (C=O) groups excluding carboxylic acids is 2. The molecule has 0 unspecified atom stereocenters. The van der Waals surface area contributed by atoms with Gasteiger partial charge < -0.3 is 21.1 Å². The summed E-state index contributed by atoms with van der Waals surface area (Å²) in [7, 11) is 0. The number of carbonyl (C=O) groups is 2. The zero-order chi connectivity index (χ0) is 23.1. The van der Waals surface area contributed by atoms with Crippen molar-refractivity contribution in [2.75, 3.05) is 11.1 Å². The fourth-order valence-electron chi connectivity index (χ4n) is 4.07. The molecule has 2 aromatic rings. The van der Waals surface area contributed by atoms with E-state index in [1.807, 2.05) is 52.8 Å². The maximum atomic E-state index is 13.4. The molecule has 0 aliphatic carbocycles. The van der Waals surface area contributed by atoms with Gasteiger partial charge in [0, 0.05) is 30.8 Å². The highest BCUT2D eigenvalue weighted by Crippen LogP contribution is 2.32. The van der Waals surface area contributed by atoms with Crippen LogP contribution in [0.3, 0.4) is 0 Å². The number of hydrogen-bond acceptors (Lipinski definition) is 4. The number of phenols is 1. The third-order valence-electron chi connectivity index (χ3n) is 5.98. The molecule has 0 saturated carbocycles. The van der Waals surface area contributed by atoms with E-state index in [9.17, 15) is 14.7 Å². The lowest BCUT2D eigenvalue weighted by Gasteiger charge is -2.37. The van der Waals surface area contributed by atoms with E-state index in [2.05, 4.69) is 5.32 Å². The Bertz CT molecular complexity index is 1040. The third-order valence-corrected chi connectivity index (χ3v) is 5.98. The maximum absolute atomic E-state index is 13.4. The van der Waals surface area contributed by atoms with Gasteiger partial charge in [-0.1, -0.05) is 26.8 Å². The largest absolute Gasteiger partial charge is 0.507 e. The predicted octanol–water partition coefficient (Wildman–Crippen LogP) is 4.23. The average Bonchev–Trinajstić information content (AvgIpc) is 2.68. The zero-order valence-corrected chi connectivity index (χ0v) is 19.3. The summed E-state index contributed by atoms with van der Waals surface area (Å²) in [5, 5.41) is 13.2. The van der Waals surface area contributed by atoms with Crippen LogP contribution in [-0.2, 0) is 22.6 Å². The Labute approximate surface area is 184 Å². The number of aryl methyl sites for hydroxylation is 1. The van der Waals surface area contributed by atoms with E-state index in [1.54, 1.807) is 17.9 Å². The van der Waals surface area contributed by atoms with Crippen LogP contribution in [0.15, 0.2) is 24.3 Å². The van der Waals surface area contributed by atoms with Crippen molar-refractivity contribution in [1.29, 1.82) is 0 Å². The lowest BCUT2D eigenvalue weighted by atomic mass is 9.88. The fourth-order valence-corrected chi connectivity index (χ4v) is 4.07. The molecule has 6 heteroatoms. The standard InChI is InChI=1S/C25H33N3O3/c1-14-9-20(15(2)16(3)23(14)30)27-24(31)21-11-17-7-8-19(26)10-18(17)13-28(21)22(29)12-25(4,5)6/h7-10,21,30H,11-13,26H2,1-6H3,(H,27,31)/t21-/m0/s1. The number of nitrogens with zero attached hydrogens (tertiary/aromatic N) is 1. The molecule has 1 atom stereocenters. The van der Waals surface area contributed by atoms with E-state index in [4.69, 9.17) is 5.73 Å². The number of amides is 2. The smallest absolute Gasteiger partial charge is 0.247 e. The highest BCUT2D eigenvalue weighted by molar-refractivity contribution is 5.98. The highest BCUT2D eigenvalue weighted by atomic mass is 16.3. The quantitative estimate of drug-likeness (QED) is 0.509. The Balaban J connectivity index is 1.94. The Hall–Kier alpha value is -3.02. The first-order chi connectivity index (χ1) is 14.4. The molecule has 1 aliphatic rings. The SMILES string of the molecule is Cc1cc(NC(=O)[C@@H]2Cc3ccc(N)cc3CN2C(=O)CC(C)(C)C)c(C)c(C)c1O. The van der Waals surface area contributed by atoms with Gasteiger partial charge in [-0.3, -0.25) is 9.59 Å². The number of nitrogens with two attached hydrogens (primary N) is 1. The molecule has 6 nitrogen and oxygen atoms in total. The van der Waals surface area contributed by atoms with Gasteiger partial charge in [0.2, 0.25) is 11.8 Å². The summed E-state index contributed by atoms with van der Waals surface area (Å²) in [6.07, 6.45) is 0.789. The van der Waals surface area contributed by atoms with Crippen molar-refractivity contribution in [2.45, 2.75) is 67.0 Å². The summed E-state index contributed by atoms with van der Waals surface area (Å²) < 4.78 is 0. The number of hydrogen-bond donors (Lipinski definition) is 3. The van der Waals surface area contributed by atoms with Crippen LogP contribution in [0.2, 0.25) is 0 Å². The third kappa shape index (κ3) is 4.84. The first-order valence-electron chi connectivity index (χ1n) is 10.6. The van der Waals surface area contributed by atoms with Crippen LogP contribution in [0, 0.1) is 26.2 Å². The minimum Gasteiger partial charge on any atom is -0.507 e. The summed E-state index contributed by atoms with van der Waals surface area (Å²) in [6.45, 7) is 11.9. The van der Waals surface area contributed by atoms with Gasteiger partial charge in [-0.25, -0.2) is 0 Å². The number of rotatable bonds is 3. The molecule has 1 aliphatic heterocycles. The molecule has 0 aromatic heterocycles. The first-order valence-corrected chi connectivity index (χ1v) is 10.6. The van der Waals surface area contributed by atoms with Crippen molar-refractivity contribution >= 4 is 23.2 Å². The van der Waals surface area contributed by atoms with E-state index in [-0.39, 0.29) is 23.0 Å². The topological polar surface area (TPSA) is 95.7 Å². The number of nitrogens with one attached hydrogen (secondary N) is 1. The van der Waals surface area contributed by atoms with Gasteiger partial charge in [-0.2, -0.15) is 0 Å². The van der Waals surface area contributed by atoms with Gasteiger partial charge in [-0.15, -0.1) is 0 Å². The highest BCUT2D eigenvalue weighted by Gasteiger charge is 2.36. The summed E-state index contributed by atoms with van der Waals surface area (Å²) in [5.41, 5.74) is 11.3. The number of fused-ring (bicyclic) bond motifs is 1. The summed E-state index contributed by atoms with van der Waals surface area (Å²) in [5.74, 6) is -0.0329. The van der Waals surface area contributed by atoms with Gasteiger partial charge in [0.1, 0.15) is 11.8 Å². The summed E-state index contributed by atoms with van der Waals surface area (Å²) in [4.78, 5) is 28.2. The lowest BCUT2D eigenvalue weighted by Crippen LogP contribution is -2.51. The van der Waals surface area contributed by atoms with E-state index in [1.165, 1.54) is 0 Å². The van der Waals surface area contributed by atoms with Crippen LogP contribution in [0.4, 0.5) is 11.4 Å². The molecular formula is C25H33N3O3. The Morgan fingerprint density at radius 2 is 1.81 bits per heavy atom. The van der Waals surface area contributed by atoms with E-state index in [0.29, 0.717) is 36.3 Å². The van der Waals surface area contributed by atoms with Crippen molar-refractivity contribution < 1.29 is 14.7 Å². The summed E-state index contributed by atoms with van der Waals surface area (Å²) >= 11 is 0. The number of phenolic OH excluding ortho intramolecular Hbond substituents is 1. The van der Waals surface area contributed by atoms with E-state index >= 15 is 0 Å². The van der Waals surface area contributed by atoms with Crippen LogP contribution in [0.1, 0.15) is 55.0 Å². The van der Waals surface area contributed by atoms with Gasteiger partial charge in [-0.05, 0) is 72.2 Å². The van der Waals surface area contributed by atoms with E-state index in [0.717, 1.165) is 22.3 Å². The fraction of sp³-hybridized carbons (Fsp3) is 0.440. The number of anilines is 2. The normalized spacial score (nSPS) is 16.1. The van der Waals surface area contributed by atoms with Crippen LogP contribution in [0.25, 0.3) is 0 Å². The molecule has 0 bridgehead atoms. The maximum Gasteiger partial charge on any atom is 0.247 e. The lowest BCUT2D eigenvalue weighted by molar-refractivity contribution is -0.141. The Morgan fingerprint density at radius 3 is 2.45 bits per heavy atom. The molecule has 0 fully saturated rings. The summed E-state index contributed by atoms with van der Waals surface area (Å²) in [6, 6.07) is 6.82. The number of aromatic hydroxyl groups is 1. The van der Waals surface area contributed by atoms with Gasteiger partial charge >= 0.3 is 0 Å². The molecule has 2 amide bonds. The Kier molecular flexibility index (Phi) is 6.03. The average molecular weight is 424 g/mol. The molecule has 0 radical (unpaired) electrons. The number of benzene rings is 2. The van der Waals surface area contributed by atoms with Crippen molar-refractivity contribution in [2.24, 2.45) is 5.41 Å². The van der Waals surface area contributed by atoms with Crippen molar-refractivity contribution in [3.05, 3.63) is 52.1 Å². The molecule has 0 spiro atoms. The molecular weight excluding hydrogens is 390 g/mol. The predicted molar refractivity (Wildman–Crippen MR) is 124 cm³/mol. The van der Waals surface area contributed by atoms with Crippen LogP contribution < -0.4 is 11.1 Å². The van der Waals surface area contributed by atoms with Gasteiger partial charge in [0.25, 0.3) is 0 Å². The molecule has 4 N–H and O–H groups in total. The second-order valence-electron chi connectivity index (χ2n) is 9.84. The monoisotopic (exact) mass is 423 g/mol. The Morgan fingerprint density at radius 1 is 1.13 bits per heavy atom. The van der Waals surface area contributed by atoms with Crippen LogP contribution >= 0.6 is 0 Å². The molecule has 31 heavy (non-hydrogen) atoms. The van der Waals surface area contributed by atoms with Crippen LogP contribution in [0.5, 0.6) is 5.75 Å². The van der Waals surface area contributed by atoms with Crippen molar-refractivity contribution in [1.82, 2.24) is 4.90 Å². The van der Waals surface area contributed by atoms with E-state index < -0.39 is 6.04 Å². The molecule has 2 aromatic carbocycles. The van der Waals surface area contributed by atoms with Crippen molar-refractivity contribution in [3.8, 4) is 5.75 Å². The zero-order valence-electron chi connectivity index (χ0n) is 19.3. The van der Waals surface area contributed by atoms with Crippen molar-refractivity contribution in [3.63, 3.8) is 0 Å². The molecule has 3 rings (SSSR count). The van der Waals surface area contributed by atoms with Gasteiger partial charge in [0.15, 0.2) is 0 Å². The van der Waals surface area contributed by atoms with Gasteiger partial charge in [0.05, 0.1) is 0 Å². The first kappa shape index (κ1) is 22.7. The minimum absolute atomic E-state index is 0.0458. The second-order valence-corrected chi connectivity index (χ2v) is 9.84. The van der Waals surface area contributed by atoms with Crippen LogP contribution in [-0.4, -0.2) is 27.9 Å². The second kappa shape index (κ2) is 8.25. The molecule has 166 valence electrons. The number of nitrogen functional groups attached to an aromatic ring is 1. The molecule has 0 saturated heterocycles. The molecule has 1 heterocycles.